The third-order valence-electron chi connectivity index (χ3n) is 8.22. The van der Waals surface area contributed by atoms with Crippen LogP contribution in [-0.2, 0) is 15.3 Å². The molecule has 168 valence electrons. The fraction of sp³-hybridized carbons (Fsp3) is 0.500. The molecule has 32 heavy (non-hydrogen) atoms. The number of nitrogens with one attached hydrogen (secondary N) is 1. The van der Waals surface area contributed by atoms with Gasteiger partial charge in [-0.25, -0.2) is 13.4 Å². The number of benzene rings is 1. The SMILES string of the molecule is CNc1nn2c(N)cc(C34CC(C)CC5CC(C3)C5C4)nc2c1S(=O)(=O)c1ccccc1. The molecule has 2 heterocycles. The largest absolute Gasteiger partial charge is 0.384 e. The van der Waals surface area contributed by atoms with Crippen LogP contribution in [0.4, 0.5) is 11.6 Å². The van der Waals surface area contributed by atoms with Crippen LogP contribution in [0.3, 0.4) is 0 Å². The van der Waals surface area contributed by atoms with Crippen LogP contribution in [0.1, 0.15) is 44.7 Å². The number of anilines is 2. The van der Waals surface area contributed by atoms with Gasteiger partial charge in [0.2, 0.25) is 9.84 Å². The third kappa shape index (κ3) is 2.68. The monoisotopic (exact) mass is 451 g/mol. The van der Waals surface area contributed by atoms with Gasteiger partial charge >= 0.3 is 0 Å². The third-order valence-corrected chi connectivity index (χ3v) is 10.0. The van der Waals surface area contributed by atoms with E-state index in [1.54, 1.807) is 37.4 Å². The molecular weight excluding hydrogens is 422 g/mol. The highest BCUT2D eigenvalue weighted by Crippen LogP contribution is 2.64. The average Bonchev–Trinajstić information content (AvgIpc) is 3.25. The molecule has 5 unspecified atom stereocenters. The van der Waals surface area contributed by atoms with E-state index in [1.165, 1.54) is 17.4 Å². The second kappa shape index (κ2) is 6.70. The second-order valence-electron chi connectivity index (χ2n) is 10.2. The molecule has 0 spiro atoms. The van der Waals surface area contributed by atoms with Gasteiger partial charge in [-0.15, -0.1) is 5.10 Å². The maximum Gasteiger partial charge on any atom is 0.214 e. The molecule has 0 saturated heterocycles. The quantitative estimate of drug-likeness (QED) is 0.624. The Morgan fingerprint density at radius 1 is 1.12 bits per heavy atom. The van der Waals surface area contributed by atoms with Crippen molar-refractivity contribution >= 4 is 27.1 Å². The van der Waals surface area contributed by atoms with Gasteiger partial charge < -0.3 is 11.1 Å². The van der Waals surface area contributed by atoms with Gasteiger partial charge in [-0.1, -0.05) is 25.1 Å². The highest BCUT2D eigenvalue weighted by molar-refractivity contribution is 7.91. The Morgan fingerprint density at radius 2 is 1.91 bits per heavy atom. The highest BCUT2D eigenvalue weighted by atomic mass is 32.2. The molecule has 2 bridgehead atoms. The molecular formula is C24H29N5O2S. The van der Waals surface area contributed by atoms with Crippen LogP contribution in [-0.4, -0.2) is 30.1 Å². The van der Waals surface area contributed by atoms with Crippen molar-refractivity contribution in [1.82, 2.24) is 14.6 Å². The van der Waals surface area contributed by atoms with Crippen molar-refractivity contribution < 1.29 is 8.42 Å². The number of hydrogen-bond donors (Lipinski definition) is 2. The summed E-state index contributed by atoms with van der Waals surface area (Å²) in [6.45, 7) is 2.35. The van der Waals surface area contributed by atoms with Gasteiger partial charge in [-0.3, -0.25) is 0 Å². The Hall–Kier alpha value is -2.61. The first-order valence-electron chi connectivity index (χ1n) is 11.5. The fourth-order valence-electron chi connectivity index (χ4n) is 6.97. The molecule has 3 aliphatic rings. The maximum absolute atomic E-state index is 13.6. The second-order valence-corrected chi connectivity index (χ2v) is 12.1. The maximum atomic E-state index is 13.6. The minimum absolute atomic E-state index is 0.0201. The average molecular weight is 452 g/mol. The van der Waals surface area contributed by atoms with Crippen LogP contribution < -0.4 is 11.1 Å². The zero-order chi connectivity index (χ0) is 22.3. The van der Waals surface area contributed by atoms with Crippen LogP contribution in [0.5, 0.6) is 0 Å². The molecule has 0 amide bonds. The molecule has 7 nitrogen and oxygen atoms in total. The zero-order valence-electron chi connectivity index (χ0n) is 18.5. The van der Waals surface area contributed by atoms with E-state index >= 15 is 0 Å². The summed E-state index contributed by atoms with van der Waals surface area (Å²) in [4.78, 5) is 5.34. The molecule has 0 radical (unpaired) electrons. The van der Waals surface area contributed by atoms with Crippen LogP contribution in [0.15, 0.2) is 46.2 Å². The van der Waals surface area contributed by atoms with Gasteiger partial charge in [0.15, 0.2) is 16.4 Å². The van der Waals surface area contributed by atoms with Gasteiger partial charge in [0, 0.05) is 18.5 Å². The lowest BCUT2D eigenvalue weighted by Gasteiger charge is -2.42. The molecule has 5 atom stereocenters. The van der Waals surface area contributed by atoms with Crippen LogP contribution in [0, 0.1) is 23.7 Å². The minimum atomic E-state index is -3.83. The Labute approximate surface area is 188 Å². The van der Waals surface area contributed by atoms with Crippen LogP contribution in [0.25, 0.3) is 5.65 Å². The highest BCUT2D eigenvalue weighted by Gasteiger charge is 2.57. The van der Waals surface area contributed by atoms with Crippen molar-refractivity contribution in [3.63, 3.8) is 0 Å². The summed E-state index contributed by atoms with van der Waals surface area (Å²) < 4.78 is 28.7. The van der Waals surface area contributed by atoms with E-state index in [2.05, 4.69) is 17.3 Å². The lowest BCUT2D eigenvalue weighted by molar-refractivity contribution is 0.0779. The van der Waals surface area contributed by atoms with E-state index in [9.17, 15) is 8.42 Å². The Bertz CT molecular complexity index is 1320. The van der Waals surface area contributed by atoms with E-state index in [1.807, 2.05) is 6.07 Å². The molecule has 6 rings (SSSR count). The lowest BCUT2D eigenvalue weighted by Crippen LogP contribution is -2.34. The zero-order valence-corrected chi connectivity index (χ0v) is 19.3. The first-order chi connectivity index (χ1) is 15.3. The number of aromatic nitrogens is 3. The van der Waals surface area contributed by atoms with Gasteiger partial charge in [-0.2, -0.15) is 4.52 Å². The summed E-state index contributed by atoms with van der Waals surface area (Å²) in [6.07, 6.45) is 5.99. The van der Waals surface area contributed by atoms with E-state index in [4.69, 9.17) is 10.7 Å². The first-order valence-corrected chi connectivity index (χ1v) is 13.0. The number of fused-ring (bicyclic) bond motifs is 2. The molecule has 0 aliphatic heterocycles. The summed E-state index contributed by atoms with van der Waals surface area (Å²) in [7, 11) is -2.16. The minimum Gasteiger partial charge on any atom is -0.384 e. The molecule has 3 aliphatic carbocycles. The van der Waals surface area contributed by atoms with Crippen molar-refractivity contribution in [3.8, 4) is 0 Å². The number of nitrogen functional groups attached to an aromatic ring is 1. The topological polar surface area (TPSA) is 102 Å². The fourth-order valence-corrected chi connectivity index (χ4v) is 8.49. The lowest BCUT2D eigenvalue weighted by atomic mass is 9.63. The van der Waals surface area contributed by atoms with Crippen molar-refractivity contribution in [2.75, 3.05) is 18.1 Å². The van der Waals surface area contributed by atoms with Gasteiger partial charge in [-0.05, 0) is 67.9 Å². The van der Waals surface area contributed by atoms with Gasteiger partial charge in [0.1, 0.15) is 5.82 Å². The normalized spacial score (nSPS) is 31.3. The molecule has 3 aromatic rings. The Balaban J connectivity index is 1.57. The first kappa shape index (κ1) is 20.0. The number of nitrogens with two attached hydrogens (primary N) is 1. The Kier molecular flexibility index (Phi) is 4.19. The summed E-state index contributed by atoms with van der Waals surface area (Å²) in [5.74, 6) is 3.74. The smallest absolute Gasteiger partial charge is 0.214 e. The van der Waals surface area contributed by atoms with E-state index in [0.717, 1.165) is 42.7 Å². The van der Waals surface area contributed by atoms with Crippen molar-refractivity contribution in [3.05, 3.63) is 42.1 Å². The number of sulfone groups is 1. The van der Waals surface area contributed by atoms with Crippen molar-refractivity contribution in [1.29, 1.82) is 0 Å². The molecule has 1 aromatic carbocycles. The van der Waals surface area contributed by atoms with Crippen LogP contribution >= 0.6 is 0 Å². The molecule has 8 heteroatoms. The van der Waals surface area contributed by atoms with Crippen molar-refractivity contribution in [2.24, 2.45) is 23.7 Å². The molecule has 2 aromatic heterocycles. The molecule has 3 N–H and O–H groups in total. The number of hydrogen-bond acceptors (Lipinski definition) is 6. The van der Waals surface area contributed by atoms with Crippen LogP contribution in [0.2, 0.25) is 0 Å². The summed E-state index contributed by atoms with van der Waals surface area (Å²) >= 11 is 0. The predicted molar refractivity (Wildman–Crippen MR) is 123 cm³/mol. The Morgan fingerprint density at radius 3 is 2.66 bits per heavy atom. The van der Waals surface area contributed by atoms with E-state index in [-0.39, 0.29) is 21.0 Å². The standard InChI is InChI=1S/C24H29N5O2S/c1-14-8-15-9-16-12-24(11-14,13-18(15)16)19-10-20(25)29-23(27-19)21(22(26-2)28-29)32(30,31)17-6-4-3-5-7-17/h3-7,10,14-16,18H,8-9,11-13,25H2,1-2H3,(H,26,28). The molecule has 3 fully saturated rings. The van der Waals surface area contributed by atoms with Gasteiger partial charge in [0.05, 0.1) is 10.6 Å². The summed E-state index contributed by atoms with van der Waals surface area (Å²) in [5, 5.41) is 7.41. The van der Waals surface area contributed by atoms with E-state index in [0.29, 0.717) is 17.4 Å². The predicted octanol–water partition coefficient (Wildman–Crippen LogP) is 3.90. The summed E-state index contributed by atoms with van der Waals surface area (Å²) in [6, 6.07) is 10.4. The summed E-state index contributed by atoms with van der Waals surface area (Å²) in [5.41, 5.74) is 7.70. The number of rotatable bonds is 4. The number of nitrogens with zero attached hydrogens (tertiary/aromatic N) is 3. The molecule has 3 saturated carbocycles. The van der Waals surface area contributed by atoms with Gasteiger partial charge in [0.25, 0.3) is 0 Å². The van der Waals surface area contributed by atoms with E-state index < -0.39 is 9.84 Å². The van der Waals surface area contributed by atoms with Crippen molar-refractivity contribution in [2.45, 2.75) is 54.2 Å².